The van der Waals surface area contributed by atoms with E-state index < -0.39 is 10.0 Å². The van der Waals surface area contributed by atoms with Crippen LogP contribution in [-0.4, -0.2) is 21.2 Å². The fourth-order valence-electron chi connectivity index (χ4n) is 1.50. The van der Waals surface area contributed by atoms with Crippen molar-refractivity contribution in [2.24, 2.45) is 0 Å². The first-order chi connectivity index (χ1) is 8.51. The van der Waals surface area contributed by atoms with Crippen LogP contribution in [0.1, 0.15) is 26.2 Å². The fraction of sp³-hybridized carbons (Fsp3) is 0.500. The van der Waals surface area contributed by atoms with Gasteiger partial charge in [-0.2, -0.15) is 0 Å². The van der Waals surface area contributed by atoms with E-state index in [4.69, 9.17) is 5.73 Å². The summed E-state index contributed by atoms with van der Waals surface area (Å²) in [7, 11) is -2.04. The summed E-state index contributed by atoms with van der Waals surface area (Å²) in [5.74, 6) is 0.921. The molecule has 18 heavy (non-hydrogen) atoms. The number of nitrogens with one attached hydrogen (secondary N) is 1. The van der Waals surface area contributed by atoms with Gasteiger partial charge in [0.2, 0.25) is 10.0 Å². The number of hydrogen-bond donors (Lipinski definition) is 2. The Morgan fingerprint density at radius 1 is 1.33 bits per heavy atom. The van der Waals surface area contributed by atoms with Crippen molar-refractivity contribution < 1.29 is 8.42 Å². The zero-order valence-corrected chi connectivity index (χ0v) is 12.4. The lowest BCUT2D eigenvalue weighted by atomic mass is 10.3. The smallest absolute Gasteiger partial charge is 0.241 e. The standard InChI is InChI=1S/C12H20N2O2S2/c1-3-4-5-8-17-11-7-6-10(13)9-12(11)18(15,16)14-2/h6-7,9,14H,3-5,8,13H2,1-2H3. The molecule has 102 valence electrons. The molecule has 0 unspecified atom stereocenters. The number of rotatable bonds is 7. The summed E-state index contributed by atoms with van der Waals surface area (Å²) in [6, 6.07) is 5.01. The van der Waals surface area contributed by atoms with Crippen LogP contribution in [0.4, 0.5) is 5.69 Å². The average molecular weight is 288 g/mol. The van der Waals surface area contributed by atoms with Crippen molar-refractivity contribution in [2.45, 2.75) is 36.0 Å². The molecule has 0 spiro atoms. The lowest BCUT2D eigenvalue weighted by Gasteiger charge is -2.10. The molecule has 0 radical (unpaired) electrons. The van der Waals surface area contributed by atoms with Gasteiger partial charge in [-0.25, -0.2) is 13.1 Å². The summed E-state index contributed by atoms with van der Waals surface area (Å²) in [6.45, 7) is 2.14. The number of nitrogens with two attached hydrogens (primary N) is 1. The maximum Gasteiger partial charge on any atom is 0.241 e. The van der Waals surface area contributed by atoms with E-state index in [1.807, 2.05) is 0 Å². The van der Waals surface area contributed by atoms with Crippen LogP contribution in [0.3, 0.4) is 0 Å². The Morgan fingerprint density at radius 3 is 2.67 bits per heavy atom. The molecule has 0 aliphatic carbocycles. The Morgan fingerprint density at radius 2 is 2.06 bits per heavy atom. The van der Waals surface area contributed by atoms with Gasteiger partial charge in [0.1, 0.15) is 0 Å². The number of benzene rings is 1. The molecule has 0 saturated heterocycles. The van der Waals surface area contributed by atoms with Crippen molar-refractivity contribution in [3.8, 4) is 0 Å². The molecular formula is C12H20N2O2S2. The predicted octanol–water partition coefficient (Wildman–Crippen LogP) is 2.46. The second-order valence-corrected chi connectivity index (χ2v) is 6.96. The van der Waals surface area contributed by atoms with Crippen LogP contribution in [0.5, 0.6) is 0 Å². The van der Waals surface area contributed by atoms with E-state index in [9.17, 15) is 8.42 Å². The molecule has 0 amide bonds. The monoisotopic (exact) mass is 288 g/mol. The second-order valence-electron chi connectivity index (χ2n) is 3.97. The first-order valence-corrected chi connectivity index (χ1v) is 8.44. The first kappa shape index (κ1) is 15.3. The number of hydrogen-bond acceptors (Lipinski definition) is 4. The van der Waals surface area contributed by atoms with E-state index in [-0.39, 0.29) is 4.90 Å². The van der Waals surface area contributed by atoms with Crippen molar-refractivity contribution in [1.29, 1.82) is 0 Å². The second kappa shape index (κ2) is 7.01. The molecule has 6 heteroatoms. The van der Waals surface area contributed by atoms with Crippen LogP contribution >= 0.6 is 11.8 Å². The number of nitrogen functional groups attached to an aromatic ring is 1. The summed E-state index contributed by atoms with van der Waals surface area (Å²) in [4.78, 5) is 1.03. The quantitative estimate of drug-likeness (QED) is 0.459. The largest absolute Gasteiger partial charge is 0.399 e. The Balaban J connectivity index is 2.91. The molecule has 1 rings (SSSR count). The summed E-state index contributed by atoms with van der Waals surface area (Å²) in [6.07, 6.45) is 3.41. The molecule has 4 nitrogen and oxygen atoms in total. The van der Waals surface area contributed by atoms with E-state index >= 15 is 0 Å². The maximum atomic E-state index is 11.9. The van der Waals surface area contributed by atoms with Crippen LogP contribution in [0, 0.1) is 0 Å². The SMILES string of the molecule is CCCCCSc1ccc(N)cc1S(=O)(=O)NC. The van der Waals surface area contributed by atoms with E-state index in [0.717, 1.165) is 29.9 Å². The average Bonchev–Trinajstić information content (AvgIpc) is 2.36. The molecule has 0 aromatic heterocycles. The van der Waals surface area contributed by atoms with E-state index in [1.165, 1.54) is 13.1 Å². The van der Waals surface area contributed by atoms with Gasteiger partial charge in [0.15, 0.2) is 0 Å². The van der Waals surface area contributed by atoms with Crippen molar-refractivity contribution in [2.75, 3.05) is 18.5 Å². The van der Waals surface area contributed by atoms with Gasteiger partial charge in [-0.15, -0.1) is 11.8 Å². The molecule has 1 aromatic carbocycles. The molecule has 0 fully saturated rings. The van der Waals surface area contributed by atoms with E-state index in [0.29, 0.717) is 5.69 Å². The molecule has 0 bridgehead atoms. The molecule has 0 saturated carbocycles. The minimum Gasteiger partial charge on any atom is -0.399 e. The molecular weight excluding hydrogens is 268 g/mol. The number of unbranched alkanes of at least 4 members (excludes halogenated alkanes) is 2. The van der Waals surface area contributed by atoms with Gasteiger partial charge in [-0.1, -0.05) is 19.8 Å². The van der Waals surface area contributed by atoms with Crippen LogP contribution in [0.25, 0.3) is 0 Å². The summed E-state index contributed by atoms with van der Waals surface area (Å²) < 4.78 is 26.1. The first-order valence-electron chi connectivity index (χ1n) is 5.97. The van der Waals surface area contributed by atoms with Crippen LogP contribution in [0.2, 0.25) is 0 Å². The number of sulfonamides is 1. The van der Waals surface area contributed by atoms with Gasteiger partial charge >= 0.3 is 0 Å². The zero-order valence-electron chi connectivity index (χ0n) is 10.8. The Labute approximate surface area is 113 Å². The molecule has 3 N–H and O–H groups in total. The Bertz CT molecular complexity index is 487. The van der Waals surface area contributed by atoms with Crippen LogP contribution in [-0.2, 0) is 10.0 Å². The summed E-state index contributed by atoms with van der Waals surface area (Å²) >= 11 is 1.56. The van der Waals surface area contributed by atoms with Gasteiger partial charge in [-0.3, -0.25) is 0 Å². The predicted molar refractivity (Wildman–Crippen MR) is 77.3 cm³/mol. The molecule has 0 atom stereocenters. The summed E-state index contributed by atoms with van der Waals surface area (Å²) in [5, 5.41) is 0. The highest BCUT2D eigenvalue weighted by Gasteiger charge is 2.17. The third kappa shape index (κ3) is 4.19. The van der Waals surface area contributed by atoms with Gasteiger partial charge in [0, 0.05) is 10.6 Å². The Kier molecular flexibility index (Phi) is 5.98. The lowest BCUT2D eigenvalue weighted by Crippen LogP contribution is -2.19. The third-order valence-corrected chi connectivity index (χ3v) is 5.27. The van der Waals surface area contributed by atoms with Crippen molar-refractivity contribution >= 4 is 27.5 Å². The third-order valence-electron chi connectivity index (χ3n) is 2.53. The highest BCUT2D eigenvalue weighted by molar-refractivity contribution is 8.00. The van der Waals surface area contributed by atoms with Gasteiger partial charge in [0.25, 0.3) is 0 Å². The summed E-state index contributed by atoms with van der Waals surface area (Å²) in [5.41, 5.74) is 6.11. The number of thioether (sulfide) groups is 1. The molecule has 0 aliphatic rings. The van der Waals surface area contributed by atoms with Crippen molar-refractivity contribution in [3.05, 3.63) is 18.2 Å². The minimum absolute atomic E-state index is 0.270. The minimum atomic E-state index is -3.44. The van der Waals surface area contributed by atoms with Crippen LogP contribution in [0.15, 0.2) is 28.0 Å². The highest BCUT2D eigenvalue weighted by Crippen LogP contribution is 2.29. The van der Waals surface area contributed by atoms with Gasteiger partial charge in [-0.05, 0) is 37.4 Å². The highest BCUT2D eigenvalue weighted by atomic mass is 32.2. The topological polar surface area (TPSA) is 72.2 Å². The van der Waals surface area contributed by atoms with E-state index in [1.54, 1.807) is 23.9 Å². The van der Waals surface area contributed by atoms with Crippen LogP contribution < -0.4 is 10.5 Å². The Hall–Kier alpha value is -0.720. The molecule has 1 aromatic rings. The lowest BCUT2D eigenvalue weighted by molar-refractivity contribution is 0.586. The van der Waals surface area contributed by atoms with Gasteiger partial charge in [0.05, 0.1) is 4.90 Å². The maximum absolute atomic E-state index is 11.9. The fourth-order valence-corrected chi connectivity index (χ4v) is 3.78. The van der Waals surface area contributed by atoms with E-state index in [2.05, 4.69) is 11.6 Å². The van der Waals surface area contributed by atoms with Crippen molar-refractivity contribution in [1.82, 2.24) is 4.72 Å². The molecule has 0 aliphatic heterocycles. The number of anilines is 1. The normalized spacial score (nSPS) is 11.7. The zero-order chi connectivity index (χ0) is 13.6. The molecule has 0 heterocycles. The van der Waals surface area contributed by atoms with Gasteiger partial charge < -0.3 is 5.73 Å². The van der Waals surface area contributed by atoms with Crippen molar-refractivity contribution in [3.63, 3.8) is 0 Å².